The number of rotatable bonds is 6. The zero-order chi connectivity index (χ0) is 11.1. The van der Waals surface area contributed by atoms with Crippen LogP contribution in [-0.2, 0) is 0 Å². The van der Waals surface area contributed by atoms with Gasteiger partial charge in [-0.1, -0.05) is 44.0 Å². The van der Waals surface area contributed by atoms with Crippen LogP contribution in [0.1, 0.15) is 43.2 Å². The Morgan fingerprint density at radius 1 is 1.27 bits per heavy atom. The summed E-state index contributed by atoms with van der Waals surface area (Å²) in [5.41, 5.74) is 2.94. The number of likely N-dealkylation sites (N-methyl/N-ethyl adjacent to an activating group) is 1. The number of nitrogens with one attached hydrogen (secondary N) is 1. The van der Waals surface area contributed by atoms with E-state index < -0.39 is 0 Å². The molecule has 0 saturated carbocycles. The van der Waals surface area contributed by atoms with Crippen LogP contribution in [0.5, 0.6) is 0 Å². The van der Waals surface area contributed by atoms with Crippen molar-refractivity contribution < 1.29 is 0 Å². The predicted octanol–water partition coefficient (Wildman–Crippen LogP) is 3.49. The van der Waals surface area contributed by atoms with Crippen molar-refractivity contribution in [3.05, 3.63) is 35.4 Å². The zero-order valence-electron chi connectivity index (χ0n) is 10.2. The summed E-state index contributed by atoms with van der Waals surface area (Å²) in [6.07, 6.45) is 3.90. The van der Waals surface area contributed by atoms with Crippen LogP contribution in [0.15, 0.2) is 24.3 Å². The van der Waals surface area contributed by atoms with E-state index in [-0.39, 0.29) is 0 Å². The standard InChI is InChI=1S/C14H23N/c1-4-5-9-13(11-15-3)14-10-7-6-8-12(14)2/h6-8,10,13,15H,4-5,9,11H2,1-3H3. The lowest BCUT2D eigenvalue weighted by molar-refractivity contribution is 0.553. The molecule has 0 aromatic heterocycles. The molecule has 0 aliphatic heterocycles. The average Bonchev–Trinajstić information content (AvgIpc) is 2.25. The summed E-state index contributed by atoms with van der Waals surface area (Å²) < 4.78 is 0. The van der Waals surface area contributed by atoms with Gasteiger partial charge in [0.05, 0.1) is 0 Å². The van der Waals surface area contributed by atoms with E-state index in [1.54, 1.807) is 0 Å². The van der Waals surface area contributed by atoms with Gasteiger partial charge in [-0.25, -0.2) is 0 Å². The number of unbranched alkanes of at least 4 members (excludes halogenated alkanes) is 1. The van der Waals surface area contributed by atoms with E-state index in [0.717, 1.165) is 6.54 Å². The maximum Gasteiger partial charge on any atom is 0.00172 e. The first kappa shape index (κ1) is 12.3. The molecule has 0 aliphatic rings. The molecule has 1 heteroatoms. The van der Waals surface area contributed by atoms with Gasteiger partial charge in [-0.3, -0.25) is 0 Å². The molecule has 1 nitrogen and oxygen atoms in total. The van der Waals surface area contributed by atoms with Gasteiger partial charge in [-0.05, 0) is 37.4 Å². The summed E-state index contributed by atoms with van der Waals surface area (Å²) >= 11 is 0. The first-order valence-electron chi connectivity index (χ1n) is 5.99. The van der Waals surface area contributed by atoms with Crippen molar-refractivity contribution in [2.75, 3.05) is 13.6 Å². The number of hydrogen-bond donors (Lipinski definition) is 1. The van der Waals surface area contributed by atoms with E-state index in [2.05, 4.69) is 43.4 Å². The van der Waals surface area contributed by atoms with Crippen molar-refractivity contribution in [3.63, 3.8) is 0 Å². The molecule has 1 atom stereocenters. The second-order valence-electron chi connectivity index (χ2n) is 4.25. The topological polar surface area (TPSA) is 12.0 Å². The van der Waals surface area contributed by atoms with E-state index in [4.69, 9.17) is 0 Å². The lowest BCUT2D eigenvalue weighted by Crippen LogP contribution is -2.18. The van der Waals surface area contributed by atoms with Gasteiger partial charge in [0.1, 0.15) is 0 Å². The molecule has 0 bridgehead atoms. The van der Waals surface area contributed by atoms with Crippen LogP contribution in [0.25, 0.3) is 0 Å². The van der Waals surface area contributed by atoms with Crippen LogP contribution in [0.2, 0.25) is 0 Å². The third kappa shape index (κ3) is 3.67. The summed E-state index contributed by atoms with van der Waals surface area (Å²) in [6, 6.07) is 8.75. The van der Waals surface area contributed by atoms with Crippen LogP contribution >= 0.6 is 0 Å². The molecule has 0 heterocycles. The molecule has 84 valence electrons. The van der Waals surface area contributed by atoms with Crippen molar-refractivity contribution in [2.45, 2.75) is 39.0 Å². The first-order chi connectivity index (χ1) is 7.29. The Balaban J connectivity index is 2.74. The van der Waals surface area contributed by atoms with Crippen molar-refractivity contribution >= 4 is 0 Å². The van der Waals surface area contributed by atoms with Gasteiger partial charge in [-0.2, -0.15) is 0 Å². The Labute approximate surface area is 93.9 Å². The molecular formula is C14H23N. The van der Waals surface area contributed by atoms with Crippen LogP contribution in [0.4, 0.5) is 0 Å². The summed E-state index contributed by atoms with van der Waals surface area (Å²) in [7, 11) is 2.04. The fourth-order valence-corrected chi connectivity index (χ4v) is 2.11. The second-order valence-corrected chi connectivity index (χ2v) is 4.25. The van der Waals surface area contributed by atoms with Gasteiger partial charge >= 0.3 is 0 Å². The maximum absolute atomic E-state index is 3.30. The van der Waals surface area contributed by atoms with Crippen LogP contribution < -0.4 is 5.32 Å². The van der Waals surface area contributed by atoms with Gasteiger partial charge in [0.2, 0.25) is 0 Å². The Morgan fingerprint density at radius 3 is 2.60 bits per heavy atom. The first-order valence-corrected chi connectivity index (χ1v) is 5.99. The monoisotopic (exact) mass is 205 g/mol. The molecule has 0 spiro atoms. The minimum Gasteiger partial charge on any atom is -0.319 e. The summed E-state index contributed by atoms with van der Waals surface area (Å²) in [6.45, 7) is 5.56. The van der Waals surface area contributed by atoms with E-state index in [1.807, 2.05) is 7.05 Å². The maximum atomic E-state index is 3.30. The molecule has 0 aliphatic carbocycles. The molecule has 0 saturated heterocycles. The number of hydrogen-bond acceptors (Lipinski definition) is 1. The smallest absolute Gasteiger partial charge is 0.00172 e. The molecule has 0 amide bonds. The van der Waals surface area contributed by atoms with Gasteiger partial charge < -0.3 is 5.32 Å². The fourth-order valence-electron chi connectivity index (χ4n) is 2.11. The van der Waals surface area contributed by atoms with Crippen molar-refractivity contribution in [1.29, 1.82) is 0 Å². The number of aryl methyl sites for hydroxylation is 1. The molecule has 1 rings (SSSR count). The fraction of sp³-hybridized carbons (Fsp3) is 0.571. The van der Waals surface area contributed by atoms with Gasteiger partial charge in [0.25, 0.3) is 0 Å². The normalized spacial score (nSPS) is 12.7. The SMILES string of the molecule is CCCCC(CNC)c1ccccc1C. The molecule has 0 radical (unpaired) electrons. The molecule has 15 heavy (non-hydrogen) atoms. The third-order valence-corrected chi connectivity index (χ3v) is 2.98. The molecule has 1 aromatic rings. The highest BCUT2D eigenvalue weighted by Gasteiger charge is 2.11. The van der Waals surface area contributed by atoms with E-state index >= 15 is 0 Å². The Hall–Kier alpha value is -0.820. The lowest BCUT2D eigenvalue weighted by Gasteiger charge is -2.18. The Kier molecular flexibility index (Phi) is 5.41. The summed E-state index contributed by atoms with van der Waals surface area (Å²) in [5.74, 6) is 0.677. The Morgan fingerprint density at radius 2 is 2.00 bits per heavy atom. The summed E-state index contributed by atoms with van der Waals surface area (Å²) in [5, 5.41) is 3.30. The molecule has 1 aromatic carbocycles. The lowest BCUT2D eigenvalue weighted by atomic mass is 9.90. The van der Waals surface area contributed by atoms with E-state index in [9.17, 15) is 0 Å². The quantitative estimate of drug-likeness (QED) is 0.749. The minimum absolute atomic E-state index is 0.677. The molecule has 0 fully saturated rings. The van der Waals surface area contributed by atoms with Crippen LogP contribution in [0.3, 0.4) is 0 Å². The summed E-state index contributed by atoms with van der Waals surface area (Å²) in [4.78, 5) is 0. The van der Waals surface area contributed by atoms with E-state index in [1.165, 1.54) is 30.4 Å². The molecule has 1 N–H and O–H groups in total. The highest BCUT2D eigenvalue weighted by molar-refractivity contribution is 5.29. The molecular weight excluding hydrogens is 182 g/mol. The molecule has 1 unspecified atom stereocenters. The largest absolute Gasteiger partial charge is 0.319 e. The minimum atomic E-state index is 0.677. The average molecular weight is 205 g/mol. The zero-order valence-corrected chi connectivity index (χ0v) is 10.2. The van der Waals surface area contributed by atoms with Crippen LogP contribution in [0, 0.1) is 6.92 Å². The van der Waals surface area contributed by atoms with Crippen molar-refractivity contribution in [2.24, 2.45) is 0 Å². The van der Waals surface area contributed by atoms with E-state index in [0.29, 0.717) is 5.92 Å². The highest BCUT2D eigenvalue weighted by Crippen LogP contribution is 2.24. The van der Waals surface area contributed by atoms with Gasteiger partial charge in [0.15, 0.2) is 0 Å². The predicted molar refractivity (Wildman–Crippen MR) is 67.4 cm³/mol. The van der Waals surface area contributed by atoms with Crippen LogP contribution in [-0.4, -0.2) is 13.6 Å². The van der Waals surface area contributed by atoms with Crippen molar-refractivity contribution in [1.82, 2.24) is 5.32 Å². The van der Waals surface area contributed by atoms with Gasteiger partial charge in [0, 0.05) is 6.54 Å². The second kappa shape index (κ2) is 6.62. The van der Waals surface area contributed by atoms with Crippen molar-refractivity contribution in [3.8, 4) is 0 Å². The third-order valence-electron chi connectivity index (χ3n) is 2.98. The highest BCUT2D eigenvalue weighted by atomic mass is 14.8. The Bertz CT molecular complexity index is 280. The number of benzene rings is 1. The van der Waals surface area contributed by atoms with Gasteiger partial charge in [-0.15, -0.1) is 0 Å².